The summed E-state index contributed by atoms with van der Waals surface area (Å²) in [6.07, 6.45) is 1.17. The van der Waals surface area contributed by atoms with Gasteiger partial charge in [0.25, 0.3) is 0 Å². The normalized spacial score (nSPS) is 26.3. The van der Waals surface area contributed by atoms with Gasteiger partial charge in [0.05, 0.1) is 0 Å². The van der Waals surface area contributed by atoms with E-state index in [-0.39, 0.29) is 5.54 Å². The van der Waals surface area contributed by atoms with E-state index in [9.17, 15) is 0 Å². The van der Waals surface area contributed by atoms with Crippen molar-refractivity contribution in [1.82, 2.24) is 5.32 Å². The first-order valence-corrected chi connectivity index (χ1v) is 5.48. The van der Waals surface area contributed by atoms with E-state index in [1.54, 1.807) is 0 Å². The smallest absolute Gasteiger partial charge is 0.0432 e. The van der Waals surface area contributed by atoms with Crippen molar-refractivity contribution >= 4 is 0 Å². The molecule has 0 aromatic heterocycles. The highest BCUT2D eigenvalue weighted by Gasteiger charge is 2.33. The number of fused-ring (bicyclic) bond motifs is 1. The molecule has 0 saturated carbocycles. The Hall–Kier alpha value is -0.820. The Morgan fingerprint density at radius 3 is 2.71 bits per heavy atom. The van der Waals surface area contributed by atoms with Crippen molar-refractivity contribution < 1.29 is 0 Å². The maximum Gasteiger partial charge on any atom is 0.0432 e. The Labute approximate surface area is 86.5 Å². The standard InChI is InChI=1S/C13H19N/c1-10(2)13(3)12-7-5-4-6-11(12)8-9-14-13/h4-7,10,14H,8-9H2,1-3H3. The maximum atomic E-state index is 3.65. The zero-order valence-corrected chi connectivity index (χ0v) is 9.30. The second-order valence-electron chi connectivity index (χ2n) is 4.69. The fourth-order valence-corrected chi connectivity index (χ4v) is 2.31. The average molecular weight is 189 g/mol. The van der Waals surface area contributed by atoms with E-state index in [2.05, 4.69) is 50.4 Å². The number of nitrogens with one attached hydrogen (secondary N) is 1. The predicted octanol–water partition coefficient (Wildman–Crippen LogP) is 2.70. The van der Waals surface area contributed by atoms with Crippen LogP contribution in [0.3, 0.4) is 0 Å². The summed E-state index contributed by atoms with van der Waals surface area (Å²) < 4.78 is 0. The summed E-state index contributed by atoms with van der Waals surface area (Å²) in [4.78, 5) is 0. The number of hydrogen-bond donors (Lipinski definition) is 1. The van der Waals surface area contributed by atoms with E-state index in [0.29, 0.717) is 5.92 Å². The molecule has 1 unspecified atom stereocenters. The summed E-state index contributed by atoms with van der Waals surface area (Å²) in [5.41, 5.74) is 3.16. The lowest BCUT2D eigenvalue weighted by Gasteiger charge is -2.40. The molecular formula is C13H19N. The summed E-state index contributed by atoms with van der Waals surface area (Å²) in [6.45, 7) is 7.99. The molecule has 1 aromatic rings. The molecule has 0 amide bonds. The molecule has 0 aliphatic carbocycles. The molecule has 0 saturated heterocycles. The van der Waals surface area contributed by atoms with E-state index in [4.69, 9.17) is 0 Å². The summed E-state index contributed by atoms with van der Waals surface area (Å²) in [6, 6.07) is 8.82. The fraction of sp³-hybridized carbons (Fsp3) is 0.538. The highest BCUT2D eigenvalue weighted by atomic mass is 15.0. The number of benzene rings is 1. The van der Waals surface area contributed by atoms with Crippen molar-refractivity contribution in [3.8, 4) is 0 Å². The van der Waals surface area contributed by atoms with Gasteiger partial charge in [-0.3, -0.25) is 0 Å². The lowest BCUT2D eigenvalue weighted by atomic mass is 9.76. The van der Waals surface area contributed by atoms with Crippen LogP contribution < -0.4 is 5.32 Å². The molecule has 1 heteroatoms. The van der Waals surface area contributed by atoms with Gasteiger partial charge in [0.15, 0.2) is 0 Å². The molecule has 1 atom stereocenters. The molecule has 0 spiro atoms. The van der Waals surface area contributed by atoms with Crippen LogP contribution >= 0.6 is 0 Å². The van der Waals surface area contributed by atoms with Gasteiger partial charge in [-0.2, -0.15) is 0 Å². The highest BCUT2D eigenvalue weighted by Crippen LogP contribution is 2.34. The first-order valence-electron chi connectivity index (χ1n) is 5.48. The molecule has 2 rings (SSSR count). The van der Waals surface area contributed by atoms with Gasteiger partial charge in [-0.05, 0) is 30.4 Å². The molecule has 1 aliphatic rings. The Morgan fingerprint density at radius 2 is 2.00 bits per heavy atom. The van der Waals surface area contributed by atoms with Gasteiger partial charge in [-0.1, -0.05) is 38.1 Å². The first-order chi connectivity index (χ1) is 6.64. The Kier molecular flexibility index (Phi) is 2.36. The van der Waals surface area contributed by atoms with E-state index < -0.39 is 0 Å². The van der Waals surface area contributed by atoms with E-state index in [0.717, 1.165) is 6.54 Å². The lowest BCUT2D eigenvalue weighted by Crippen LogP contribution is -2.48. The molecule has 0 radical (unpaired) electrons. The zero-order chi connectivity index (χ0) is 10.2. The van der Waals surface area contributed by atoms with Crippen molar-refractivity contribution in [2.45, 2.75) is 32.7 Å². The molecule has 1 N–H and O–H groups in total. The average Bonchev–Trinajstić information content (AvgIpc) is 2.18. The van der Waals surface area contributed by atoms with Crippen LogP contribution in [0.15, 0.2) is 24.3 Å². The summed E-state index contributed by atoms with van der Waals surface area (Å²) in [5.74, 6) is 0.629. The van der Waals surface area contributed by atoms with Gasteiger partial charge >= 0.3 is 0 Å². The van der Waals surface area contributed by atoms with Gasteiger partial charge < -0.3 is 5.32 Å². The Balaban J connectivity index is 2.50. The minimum Gasteiger partial charge on any atom is -0.307 e. The number of hydrogen-bond acceptors (Lipinski definition) is 1. The largest absolute Gasteiger partial charge is 0.307 e. The molecule has 1 aliphatic heterocycles. The molecular weight excluding hydrogens is 170 g/mol. The van der Waals surface area contributed by atoms with E-state index in [1.807, 2.05) is 0 Å². The second-order valence-corrected chi connectivity index (χ2v) is 4.69. The molecule has 14 heavy (non-hydrogen) atoms. The van der Waals surface area contributed by atoms with Gasteiger partial charge in [0.2, 0.25) is 0 Å². The maximum absolute atomic E-state index is 3.65. The quantitative estimate of drug-likeness (QED) is 0.716. The molecule has 0 fully saturated rings. The molecule has 1 heterocycles. The second kappa shape index (κ2) is 3.39. The van der Waals surface area contributed by atoms with Crippen LogP contribution in [0.5, 0.6) is 0 Å². The minimum atomic E-state index is 0.162. The van der Waals surface area contributed by atoms with Crippen LogP contribution in [0.2, 0.25) is 0 Å². The zero-order valence-electron chi connectivity index (χ0n) is 9.30. The van der Waals surface area contributed by atoms with E-state index in [1.165, 1.54) is 17.5 Å². The lowest BCUT2D eigenvalue weighted by molar-refractivity contribution is 0.252. The Morgan fingerprint density at radius 1 is 1.29 bits per heavy atom. The van der Waals surface area contributed by atoms with Crippen LogP contribution in [-0.2, 0) is 12.0 Å². The van der Waals surface area contributed by atoms with E-state index >= 15 is 0 Å². The topological polar surface area (TPSA) is 12.0 Å². The first kappa shape index (κ1) is 9.72. The summed E-state index contributed by atoms with van der Waals surface area (Å²) in [5, 5.41) is 3.65. The van der Waals surface area contributed by atoms with Crippen molar-refractivity contribution in [1.29, 1.82) is 0 Å². The van der Waals surface area contributed by atoms with Crippen molar-refractivity contribution in [3.63, 3.8) is 0 Å². The van der Waals surface area contributed by atoms with Crippen LogP contribution in [0, 0.1) is 5.92 Å². The van der Waals surface area contributed by atoms with Crippen molar-refractivity contribution in [2.24, 2.45) is 5.92 Å². The van der Waals surface area contributed by atoms with Crippen molar-refractivity contribution in [3.05, 3.63) is 35.4 Å². The van der Waals surface area contributed by atoms with Crippen LogP contribution in [-0.4, -0.2) is 6.54 Å². The Bertz CT molecular complexity index is 330. The third-order valence-electron chi connectivity index (χ3n) is 3.62. The summed E-state index contributed by atoms with van der Waals surface area (Å²) >= 11 is 0. The van der Waals surface area contributed by atoms with Gasteiger partial charge in [0, 0.05) is 12.1 Å². The summed E-state index contributed by atoms with van der Waals surface area (Å²) in [7, 11) is 0. The third kappa shape index (κ3) is 1.36. The predicted molar refractivity (Wildman–Crippen MR) is 60.3 cm³/mol. The van der Waals surface area contributed by atoms with Crippen molar-refractivity contribution in [2.75, 3.05) is 6.54 Å². The minimum absolute atomic E-state index is 0.162. The van der Waals surface area contributed by atoms with Crippen LogP contribution in [0.1, 0.15) is 31.9 Å². The van der Waals surface area contributed by atoms with Crippen LogP contribution in [0.25, 0.3) is 0 Å². The SMILES string of the molecule is CC(C)C1(C)NCCc2ccccc21. The van der Waals surface area contributed by atoms with Gasteiger partial charge in [-0.25, -0.2) is 0 Å². The molecule has 76 valence electrons. The molecule has 0 bridgehead atoms. The fourth-order valence-electron chi connectivity index (χ4n) is 2.31. The number of rotatable bonds is 1. The molecule has 1 nitrogen and oxygen atoms in total. The van der Waals surface area contributed by atoms with Crippen LogP contribution in [0.4, 0.5) is 0 Å². The highest BCUT2D eigenvalue weighted by molar-refractivity contribution is 5.36. The monoisotopic (exact) mass is 189 g/mol. The third-order valence-corrected chi connectivity index (χ3v) is 3.62. The van der Waals surface area contributed by atoms with Gasteiger partial charge in [-0.15, -0.1) is 0 Å². The molecule has 1 aromatic carbocycles. The van der Waals surface area contributed by atoms with Gasteiger partial charge in [0.1, 0.15) is 0 Å².